The quantitative estimate of drug-likeness (QED) is 0.893. The van der Waals surface area contributed by atoms with Crippen molar-refractivity contribution in [1.29, 1.82) is 0 Å². The largest absolute Gasteiger partial charge is 0.478 e. The Morgan fingerprint density at radius 1 is 1.48 bits per heavy atom. The third kappa shape index (κ3) is 5.08. The van der Waals surface area contributed by atoms with Crippen LogP contribution < -0.4 is 10.5 Å². The van der Waals surface area contributed by atoms with Crippen LogP contribution >= 0.6 is 12.4 Å². The summed E-state index contributed by atoms with van der Waals surface area (Å²) in [5, 5.41) is 0. The van der Waals surface area contributed by atoms with E-state index in [0.717, 1.165) is 19.4 Å². The van der Waals surface area contributed by atoms with Crippen molar-refractivity contribution in [2.75, 3.05) is 13.1 Å². The summed E-state index contributed by atoms with van der Waals surface area (Å²) in [7, 11) is 0. The number of hydrogen-bond acceptors (Lipinski definition) is 3. The van der Waals surface area contributed by atoms with Gasteiger partial charge in [0.05, 0.1) is 0 Å². The minimum atomic E-state index is -0.649. The van der Waals surface area contributed by atoms with Crippen LogP contribution in [0.5, 0.6) is 5.75 Å². The maximum Gasteiger partial charge on any atom is 0.263 e. The van der Waals surface area contributed by atoms with Crippen molar-refractivity contribution in [2.24, 2.45) is 11.7 Å². The molecule has 0 bridgehead atoms. The number of likely N-dealkylation sites (tertiary alicyclic amines) is 1. The topological polar surface area (TPSA) is 55.6 Å². The van der Waals surface area contributed by atoms with Gasteiger partial charge in [-0.05, 0) is 44.2 Å². The highest BCUT2D eigenvalue weighted by Crippen LogP contribution is 2.22. The number of rotatable bonds is 5. The zero-order valence-electron chi connectivity index (χ0n) is 13.7. The molecule has 6 heteroatoms. The Balaban J connectivity index is 0.00000264. The number of ether oxygens (including phenoxy) is 1. The Hall–Kier alpha value is -1.33. The first-order chi connectivity index (χ1) is 10.5. The predicted octanol–water partition coefficient (Wildman–Crippen LogP) is 2.99. The Bertz CT molecular complexity index is 513. The second-order valence-corrected chi connectivity index (χ2v) is 5.99. The van der Waals surface area contributed by atoms with Crippen LogP contribution in [0, 0.1) is 11.7 Å². The summed E-state index contributed by atoms with van der Waals surface area (Å²) in [6.07, 6.45) is 1.86. The number of piperidine rings is 1. The van der Waals surface area contributed by atoms with Gasteiger partial charge in [0, 0.05) is 19.1 Å². The van der Waals surface area contributed by atoms with Crippen molar-refractivity contribution < 1.29 is 13.9 Å². The van der Waals surface area contributed by atoms with Crippen LogP contribution in [-0.4, -0.2) is 36.0 Å². The number of nitrogens with zero attached hydrogens (tertiary/aromatic N) is 1. The van der Waals surface area contributed by atoms with Gasteiger partial charge in [0.25, 0.3) is 5.91 Å². The number of nitrogens with two attached hydrogens (primary N) is 1. The maximum absolute atomic E-state index is 13.7. The maximum atomic E-state index is 13.7. The fraction of sp³-hybridized carbons (Fsp3) is 0.588. The highest BCUT2D eigenvalue weighted by molar-refractivity contribution is 5.85. The molecule has 23 heavy (non-hydrogen) atoms. The molecule has 1 heterocycles. The lowest BCUT2D eigenvalue weighted by Crippen LogP contribution is -2.49. The third-order valence-corrected chi connectivity index (χ3v) is 4.27. The van der Waals surface area contributed by atoms with Gasteiger partial charge in [0.1, 0.15) is 0 Å². The summed E-state index contributed by atoms with van der Waals surface area (Å²) in [6.45, 7) is 5.23. The monoisotopic (exact) mass is 344 g/mol. The van der Waals surface area contributed by atoms with Gasteiger partial charge in [-0.25, -0.2) is 4.39 Å². The van der Waals surface area contributed by atoms with Crippen LogP contribution in [0.2, 0.25) is 0 Å². The second kappa shape index (κ2) is 9.08. The van der Waals surface area contributed by atoms with Crippen molar-refractivity contribution in [2.45, 2.75) is 45.3 Å². The van der Waals surface area contributed by atoms with Gasteiger partial charge < -0.3 is 15.4 Å². The Labute approximate surface area is 143 Å². The summed E-state index contributed by atoms with van der Waals surface area (Å²) in [5.74, 6) is -0.0657. The standard InChI is InChI=1S/C17H25FN2O2.ClH/c1-3-15(22-16-9-5-4-8-14(16)18)17(21)20-10-6-7-13(11-20)12(2)19;/h4-5,8-9,12-13,15H,3,6-7,10-11,19H2,1-2H3;1H. The molecule has 1 aliphatic rings. The summed E-state index contributed by atoms with van der Waals surface area (Å²) in [5.41, 5.74) is 5.96. The predicted molar refractivity (Wildman–Crippen MR) is 91.3 cm³/mol. The molecule has 0 aliphatic carbocycles. The van der Waals surface area contributed by atoms with Crippen LogP contribution in [-0.2, 0) is 4.79 Å². The Morgan fingerprint density at radius 3 is 2.78 bits per heavy atom. The van der Waals surface area contributed by atoms with Gasteiger partial charge in [0.2, 0.25) is 0 Å². The third-order valence-electron chi connectivity index (χ3n) is 4.27. The van der Waals surface area contributed by atoms with Gasteiger partial charge in [-0.15, -0.1) is 12.4 Å². The number of benzene rings is 1. The SMILES string of the molecule is CCC(Oc1ccccc1F)C(=O)N1CCCC(C(C)N)C1.Cl. The molecule has 0 aromatic heterocycles. The van der Waals surface area contributed by atoms with E-state index in [1.54, 1.807) is 18.2 Å². The summed E-state index contributed by atoms with van der Waals surface area (Å²) >= 11 is 0. The van der Waals surface area contributed by atoms with E-state index in [0.29, 0.717) is 18.9 Å². The normalized spacial score (nSPS) is 20.3. The minimum Gasteiger partial charge on any atom is -0.478 e. The molecule has 2 N–H and O–H groups in total. The van der Waals surface area contributed by atoms with Crippen LogP contribution in [0.3, 0.4) is 0 Å². The number of amides is 1. The number of halogens is 2. The van der Waals surface area contributed by atoms with E-state index in [4.69, 9.17) is 10.5 Å². The first-order valence-corrected chi connectivity index (χ1v) is 7.98. The molecule has 0 radical (unpaired) electrons. The highest BCUT2D eigenvalue weighted by Gasteiger charge is 2.30. The van der Waals surface area contributed by atoms with E-state index in [-0.39, 0.29) is 30.1 Å². The van der Waals surface area contributed by atoms with Gasteiger partial charge in [-0.2, -0.15) is 0 Å². The van der Waals surface area contributed by atoms with Gasteiger partial charge >= 0.3 is 0 Å². The zero-order valence-corrected chi connectivity index (χ0v) is 14.5. The van der Waals surface area contributed by atoms with Crippen LogP contribution in [0.15, 0.2) is 24.3 Å². The molecular weight excluding hydrogens is 319 g/mol. The lowest BCUT2D eigenvalue weighted by atomic mass is 9.92. The van der Waals surface area contributed by atoms with Gasteiger partial charge in [-0.3, -0.25) is 4.79 Å². The van der Waals surface area contributed by atoms with Crippen LogP contribution in [0.1, 0.15) is 33.1 Å². The van der Waals surface area contributed by atoms with E-state index >= 15 is 0 Å². The van der Waals surface area contributed by atoms with Crippen molar-refractivity contribution in [3.63, 3.8) is 0 Å². The molecule has 2 rings (SSSR count). The molecule has 1 aromatic rings. The molecule has 1 fully saturated rings. The summed E-state index contributed by atoms with van der Waals surface area (Å²) < 4.78 is 19.3. The number of para-hydroxylation sites is 1. The van der Waals surface area contributed by atoms with Crippen molar-refractivity contribution in [1.82, 2.24) is 4.90 Å². The highest BCUT2D eigenvalue weighted by atomic mass is 35.5. The van der Waals surface area contributed by atoms with Crippen molar-refractivity contribution >= 4 is 18.3 Å². The first kappa shape index (κ1) is 19.7. The van der Waals surface area contributed by atoms with Gasteiger partial charge in [-0.1, -0.05) is 19.1 Å². The van der Waals surface area contributed by atoms with Crippen molar-refractivity contribution in [3.8, 4) is 5.75 Å². The number of carbonyl (C=O) groups is 1. The molecule has 130 valence electrons. The summed E-state index contributed by atoms with van der Waals surface area (Å²) in [4.78, 5) is 14.5. The smallest absolute Gasteiger partial charge is 0.263 e. The molecular formula is C17H26ClFN2O2. The van der Waals surface area contributed by atoms with E-state index in [9.17, 15) is 9.18 Å². The molecule has 0 spiro atoms. The van der Waals surface area contributed by atoms with Crippen LogP contribution in [0.25, 0.3) is 0 Å². The molecule has 1 aromatic carbocycles. The van der Waals surface area contributed by atoms with E-state index in [2.05, 4.69) is 0 Å². The van der Waals surface area contributed by atoms with Crippen LogP contribution in [0.4, 0.5) is 4.39 Å². The van der Waals surface area contributed by atoms with Crippen molar-refractivity contribution in [3.05, 3.63) is 30.1 Å². The molecule has 3 atom stereocenters. The molecule has 1 aliphatic heterocycles. The average Bonchev–Trinajstić information content (AvgIpc) is 2.53. The van der Waals surface area contributed by atoms with E-state index < -0.39 is 11.9 Å². The molecule has 4 nitrogen and oxygen atoms in total. The number of carbonyl (C=O) groups excluding carboxylic acids is 1. The lowest BCUT2D eigenvalue weighted by molar-refractivity contribution is -0.140. The minimum absolute atomic E-state index is 0. The van der Waals surface area contributed by atoms with E-state index in [1.165, 1.54) is 6.07 Å². The first-order valence-electron chi connectivity index (χ1n) is 7.98. The average molecular weight is 345 g/mol. The zero-order chi connectivity index (χ0) is 16.1. The fourth-order valence-electron chi connectivity index (χ4n) is 2.84. The fourth-order valence-corrected chi connectivity index (χ4v) is 2.84. The number of hydrogen-bond donors (Lipinski definition) is 1. The Morgan fingerprint density at radius 2 is 2.17 bits per heavy atom. The lowest BCUT2D eigenvalue weighted by Gasteiger charge is -2.36. The summed E-state index contributed by atoms with van der Waals surface area (Å²) in [6, 6.07) is 6.25. The second-order valence-electron chi connectivity index (χ2n) is 5.99. The van der Waals surface area contributed by atoms with E-state index in [1.807, 2.05) is 18.7 Å². The molecule has 3 unspecified atom stereocenters. The van der Waals surface area contributed by atoms with Gasteiger partial charge in [0.15, 0.2) is 17.7 Å². The molecule has 0 saturated carbocycles. The molecule has 1 amide bonds. The Kier molecular flexibility index (Phi) is 7.79. The molecule has 1 saturated heterocycles.